The molecule has 9 heteroatoms. The molecule has 1 heterocycles. The van der Waals surface area contributed by atoms with Crippen molar-refractivity contribution in [1.29, 1.82) is 0 Å². The van der Waals surface area contributed by atoms with Crippen LogP contribution in [0, 0.1) is 19.8 Å². The van der Waals surface area contributed by atoms with Crippen LogP contribution < -0.4 is 10.1 Å². The minimum absolute atomic E-state index is 0.498. The largest absolute Gasteiger partial charge is 0.481 e. The number of aliphatic carboxylic acids is 1. The van der Waals surface area contributed by atoms with E-state index in [1.807, 2.05) is 40.7 Å². The Labute approximate surface area is 223 Å². The molecule has 1 atom stereocenters. The van der Waals surface area contributed by atoms with Crippen molar-refractivity contribution in [3.63, 3.8) is 0 Å². The Balaban J connectivity index is 1.93. The molecule has 2 aromatic carbocycles. The van der Waals surface area contributed by atoms with Crippen LogP contribution in [0.3, 0.4) is 0 Å². The second-order valence-corrected chi connectivity index (χ2v) is 10.6. The molecule has 0 spiro atoms. The number of aryl methyl sites for hydroxylation is 3. The monoisotopic (exact) mass is 523 g/mol. The fourth-order valence-electron chi connectivity index (χ4n) is 4.06. The second-order valence-electron chi connectivity index (χ2n) is 10.6. The van der Waals surface area contributed by atoms with Crippen LogP contribution in [-0.4, -0.2) is 38.5 Å². The summed E-state index contributed by atoms with van der Waals surface area (Å²) in [7, 11) is 0. The first kappa shape index (κ1) is 28.7. The first-order valence-electron chi connectivity index (χ1n) is 12.9. The van der Waals surface area contributed by atoms with Gasteiger partial charge in [0.25, 0.3) is 0 Å². The summed E-state index contributed by atoms with van der Waals surface area (Å²) in [6, 6.07) is 8.95. The maximum absolute atomic E-state index is 12.9. The van der Waals surface area contributed by atoms with Gasteiger partial charge >= 0.3 is 12.1 Å². The zero-order valence-electron chi connectivity index (χ0n) is 23.2. The van der Waals surface area contributed by atoms with Crippen molar-refractivity contribution in [3.05, 3.63) is 47.2 Å². The SMILES string of the molecule is CCCCCc1nn(C(=O)OC(C)(C)C)c2ccc(Oc3c(C)cc(NC(=O)C(C)C(=O)O)cc3C)cc12. The van der Waals surface area contributed by atoms with E-state index in [9.17, 15) is 14.4 Å². The number of nitrogens with one attached hydrogen (secondary N) is 1. The summed E-state index contributed by atoms with van der Waals surface area (Å²) in [6.45, 7) is 12.6. The average Bonchev–Trinajstić information content (AvgIpc) is 3.18. The summed E-state index contributed by atoms with van der Waals surface area (Å²) in [5, 5.41) is 17.1. The molecule has 0 aliphatic rings. The Bertz CT molecular complexity index is 1330. The summed E-state index contributed by atoms with van der Waals surface area (Å²) in [4.78, 5) is 36.1. The van der Waals surface area contributed by atoms with E-state index < -0.39 is 29.5 Å². The Kier molecular flexibility index (Phi) is 8.81. The lowest BCUT2D eigenvalue weighted by Gasteiger charge is -2.19. The third kappa shape index (κ3) is 6.90. The Morgan fingerprint density at radius 2 is 1.74 bits per heavy atom. The molecule has 0 radical (unpaired) electrons. The molecule has 204 valence electrons. The lowest BCUT2D eigenvalue weighted by molar-refractivity contribution is -0.144. The Morgan fingerprint density at radius 1 is 1.08 bits per heavy atom. The van der Waals surface area contributed by atoms with Gasteiger partial charge in [-0.3, -0.25) is 9.59 Å². The number of rotatable bonds is 9. The van der Waals surface area contributed by atoms with E-state index >= 15 is 0 Å². The van der Waals surface area contributed by atoms with Gasteiger partial charge in [0.2, 0.25) is 5.91 Å². The van der Waals surface area contributed by atoms with Gasteiger partial charge in [0.1, 0.15) is 23.0 Å². The predicted molar refractivity (Wildman–Crippen MR) is 146 cm³/mol. The molecule has 0 saturated heterocycles. The van der Waals surface area contributed by atoms with Crippen molar-refractivity contribution in [2.45, 2.75) is 79.8 Å². The molecule has 9 nitrogen and oxygen atoms in total. The minimum Gasteiger partial charge on any atom is -0.481 e. The van der Waals surface area contributed by atoms with Gasteiger partial charge in [-0.05, 0) is 95.8 Å². The highest BCUT2D eigenvalue weighted by molar-refractivity contribution is 6.04. The number of carbonyl (C=O) groups excluding carboxylic acids is 2. The quantitative estimate of drug-likeness (QED) is 0.239. The minimum atomic E-state index is -1.18. The number of unbranched alkanes of at least 4 members (excludes halogenated alkanes) is 2. The molecule has 38 heavy (non-hydrogen) atoms. The predicted octanol–water partition coefficient (Wildman–Crippen LogP) is 6.62. The molecule has 1 aromatic heterocycles. The molecule has 2 N–H and O–H groups in total. The number of anilines is 1. The molecule has 0 fully saturated rings. The van der Waals surface area contributed by atoms with E-state index in [0.717, 1.165) is 47.9 Å². The summed E-state index contributed by atoms with van der Waals surface area (Å²) >= 11 is 0. The van der Waals surface area contributed by atoms with Crippen LogP contribution in [0.1, 0.15) is 70.7 Å². The number of ether oxygens (including phenoxy) is 2. The van der Waals surface area contributed by atoms with Gasteiger partial charge in [0, 0.05) is 11.1 Å². The number of carboxylic acids is 1. The highest BCUT2D eigenvalue weighted by Gasteiger charge is 2.23. The van der Waals surface area contributed by atoms with E-state index in [-0.39, 0.29) is 0 Å². The standard InChI is InChI=1S/C29H37N3O6/c1-8-9-10-11-23-22-16-21(12-13-24(22)32(31-23)28(36)38-29(5,6)7)37-25-17(2)14-20(15-18(25)3)30-26(33)19(4)27(34)35/h12-16,19H,8-11H2,1-7H3,(H,30,33)(H,34,35). The smallest absolute Gasteiger partial charge is 0.435 e. The number of aromatic nitrogens is 2. The van der Waals surface area contributed by atoms with Crippen molar-refractivity contribution in [1.82, 2.24) is 9.78 Å². The number of benzene rings is 2. The lowest BCUT2D eigenvalue weighted by atomic mass is 10.1. The van der Waals surface area contributed by atoms with Crippen LogP contribution >= 0.6 is 0 Å². The number of hydrogen-bond donors (Lipinski definition) is 2. The number of hydrogen-bond acceptors (Lipinski definition) is 6. The molecule has 0 bridgehead atoms. The molecular formula is C29H37N3O6. The van der Waals surface area contributed by atoms with Crippen molar-refractivity contribution >= 4 is 34.6 Å². The van der Waals surface area contributed by atoms with Gasteiger partial charge in [0.05, 0.1) is 11.2 Å². The van der Waals surface area contributed by atoms with Gasteiger partial charge in [-0.25, -0.2) is 4.79 Å². The van der Waals surface area contributed by atoms with Crippen LogP contribution in [0.4, 0.5) is 10.5 Å². The van der Waals surface area contributed by atoms with Crippen molar-refractivity contribution < 1.29 is 29.0 Å². The summed E-state index contributed by atoms with van der Waals surface area (Å²) in [6.07, 6.45) is 3.28. The van der Waals surface area contributed by atoms with Gasteiger partial charge in [-0.15, -0.1) is 0 Å². The number of carboxylic acid groups (broad SMARTS) is 1. The highest BCUT2D eigenvalue weighted by atomic mass is 16.6. The zero-order chi connectivity index (χ0) is 28.2. The Hall–Kier alpha value is -3.88. The van der Waals surface area contributed by atoms with Crippen LogP contribution in [0.2, 0.25) is 0 Å². The molecule has 0 aliphatic heterocycles. The first-order valence-corrected chi connectivity index (χ1v) is 12.9. The number of nitrogens with zero attached hydrogens (tertiary/aromatic N) is 2. The van der Waals surface area contributed by atoms with Gasteiger partial charge < -0.3 is 19.9 Å². The van der Waals surface area contributed by atoms with E-state index in [4.69, 9.17) is 14.6 Å². The molecule has 3 aromatic rings. The summed E-state index contributed by atoms with van der Waals surface area (Å²) in [5.41, 5.74) is 2.86. The number of fused-ring (bicyclic) bond motifs is 1. The topological polar surface area (TPSA) is 120 Å². The molecule has 1 unspecified atom stereocenters. The van der Waals surface area contributed by atoms with E-state index in [1.165, 1.54) is 11.6 Å². The Morgan fingerprint density at radius 3 is 2.32 bits per heavy atom. The van der Waals surface area contributed by atoms with Crippen LogP contribution in [0.25, 0.3) is 10.9 Å². The normalized spacial score (nSPS) is 12.3. The molecule has 1 amide bonds. The maximum Gasteiger partial charge on any atom is 0.435 e. The number of amides is 1. The third-order valence-corrected chi connectivity index (χ3v) is 6.02. The molecule has 0 saturated carbocycles. The average molecular weight is 524 g/mol. The van der Waals surface area contributed by atoms with E-state index in [2.05, 4.69) is 17.3 Å². The number of carbonyl (C=O) groups is 3. The fourth-order valence-corrected chi connectivity index (χ4v) is 4.06. The molecular weight excluding hydrogens is 486 g/mol. The van der Waals surface area contributed by atoms with Crippen molar-refractivity contribution in [2.75, 3.05) is 5.32 Å². The van der Waals surface area contributed by atoms with Gasteiger partial charge in [-0.2, -0.15) is 9.78 Å². The van der Waals surface area contributed by atoms with Crippen LogP contribution in [0.15, 0.2) is 30.3 Å². The van der Waals surface area contributed by atoms with E-state index in [1.54, 1.807) is 24.3 Å². The molecule has 3 rings (SSSR count). The van der Waals surface area contributed by atoms with Crippen molar-refractivity contribution in [2.24, 2.45) is 5.92 Å². The van der Waals surface area contributed by atoms with Gasteiger partial charge in [-0.1, -0.05) is 19.8 Å². The molecule has 0 aliphatic carbocycles. The highest BCUT2D eigenvalue weighted by Crippen LogP contribution is 2.34. The zero-order valence-corrected chi connectivity index (χ0v) is 23.2. The summed E-state index contributed by atoms with van der Waals surface area (Å²) in [5.74, 6) is -1.73. The fraction of sp³-hybridized carbons (Fsp3) is 0.448. The van der Waals surface area contributed by atoms with Crippen LogP contribution in [-0.2, 0) is 20.7 Å². The van der Waals surface area contributed by atoms with Crippen molar-refractivity contribution in [3.8, 4) is 11.5 Å². The van der Waals surface area contributed by atoms with Gasteiger partial charge in [0.15, 0.2) is 0 Å². The second kappa shape index (κ2) is 11.7. The maximum atomic E-state index is 12.9. The first-order chi connectivity index (χ1) is 17.8. The van der Waals surface area contributed by atoms with E-state index in [0.29, 0.717) is 22.7 Å². The third-order valence-electron chi connectivity index (χ3n) is 6.02. The lowest BCUT2D eigenvalue weighted by Crippen LogP contribution is -2.27. The summed E-state index contributed by atoms with van der Waals surface area (Å²) < 4.78 is 13.1. The van der Waals surface area contributed by atoms with Crippen LogP contribution in [0.5, 0.6) is 11.5 Å².